The Morgan fingerprint density at radius 1 is 1.40 bits per heavy atom. The van der Waals surface area contributed by atoms with Crippen LogP contribution in [0.2, 0.25) is 0 Å². The van der Waals surface area contributed by atoms with Crippen LogP contribution >= 0.6 is 11.3 Å². The summed E-state index contributed by atoms with van der Waals surface area (Å²) < 4.78 is 24.4. The lowest BCUT2D eigenvalue weighted by Gasteiger charge is -2.20. The molecule has 1 aromatic heterocycles. The van der Waals surface area contributed by atoms with E-state index in [-0.39, 0.29) is 12.0 Å². The Morgan fingerprint density at radius 2 is 2.25 bits per heavy atom. The Hall–Kier alpha value is -0.950. The molecule has 0 radical (unpaired) electrons. The lowest BCUT2D eigenvalue weighted by Crippen LogP contribution is -2.30. The summed E-state index contributed by atoms with van der Waals surface area (Å²) in [5.74, 6) is 6.54. The van der Waals surface area contributed by atoms with Gasteiger partial charge in [-0.2, -0.15) is 0 Å². The smallest absolute Gasteiger partial charge is 0.150 e. The van der Waals surface area contributed by atoms with Crippen molar-refractivity contribution in [3.8, 4) is 0 Å². The fourth-order valence-corrected chi connectivity index (χ4v) is 5.82. The standard InChI is InChI=1S/C14H18N2O2S2/c15-16-13(8-10-5-7-20(17,18)9-10)12-3-1-2-11-4-6-19-14(11)12/h1-4,6,10,13,16H,5,7-9,15H2. The Labute approximate surface area is 122 Å². The number of hydrazine groups is 1. The van der Waals surface area contributed by atoms with Crippen molar-refractivity contribution in [2.24, 2.45) is 11.8 Å². The third kappa shape index (κ3) is 2.74. The average molecular weight is 310 g/mol. The van der Waals surface area contributed by atoms with Gasteiger partial charge >= 0.3 is 0 Å². The monoisotopic (exact) mass is 310 g/mol. The number of hydrogen-bond donors (Lipinski definition) is 2. The van der Waals surface area contributed by atoms with Gasteiger partial charge in [-0.15, -0.1) is 11.3 Å². The van der Waals surface area contributed by atoms with E-state index < -0.39 is 9.84 Å². The highest BCUT2D eigenvalue weighted by molar-refractivity contribution is 7.91. The summed E-state index contributed by atoms with van der Waals surface area (Å²) in [5.41, 5.74) is 4.04. The van der Waals surface area contributed by atoms with Crippen molar-refractivity contribution in [1.29, 1.82) is 0 Å². The molecule has 0 amide bonds. The molecular weight excluding hydrogens is 292 g/mol. The number of sulfone groups is 1. The van der Waals surface area contributed by atoms with Gasteiger partial charge in [-0.25, -0.2) is 8.42 Å². The summed E-state index contributed by atoms with van der Waals surface area (Å²) in [4.78, 5) is 0. The van der Waals surface area contributed by atoms with E-state index in [1.54, 1.807) is 11.3 Å². The summed E-state index contributed by atoms with van der Waals surface area (Å²) in [7, 11) is -2.83. The van der Waals surface area contributed by atoms with Crippen LogP contribution in [0.3, 0.4) is 0 Å². The van der Waals surface area contributed by atoms with Crippen LogP contribution in [0.5, 0.6) is 0 Å². The van der Waals surface area contributed by atoms with Crippen LogP contribution in [0.1, 0.15) is 24.4 Å². The minimum atomic E-state index is -2.83. The minimum absolute atomic E-state index is 0.00986. The molecule has 2 aromatic rings. The lowest BCUT2D eigenvalue weighted by atomic mass is 9.94. The molecule has 0 aliphatic carbocycles. The Bertz CT molecular complexity index is 709. The highest BCUT2D eigenvalue weighted by atomic mass is 32.2. The van der Waals surface area contributed by atoms with E-state index in [9.17, 15) is 8.42 Å². The maximum Gasteiger partial charge on any atom is 0.150 e. The highest BCUT2D eigenvalue weighted by Gasteiger charge is 2.30. The second-order valence-electron chi connectivity index (χ2n) is 5.41. The predicted molar refractivity (Wildman–Crippen MR) is 83.3 cm³/mol. The fourth-order valence-electron chi connectivity index (χ4n) is 2.97. The van der Waals surface area contributed by atoms with Gasteiger partial charge in [0.2, 0.25) is 0 Å². The first-order valence-electron chi connectivity index (χ1n) is 6.72. The van der Waals surface area contributed by atoms with Crippen molar-refractivity contribution < 1.29 is 8.42 Å². The number of hydrogen-bond acceptors (Lipinski definition) is 5. The van der Waals surface area contributed by atoms with Gasteiger partial charge in [0.15, 0.2) is 9.84 Å². The van der Waals surface area contributed by atoms with Crippen LogP contribution in [-0.2, 0) is 9.84 Å². The number of nitrogens with two attached hydrogens (primary N) is 1. The Kier molecular flexibility index (Phi) is 3.81. The van der Waals surface area contributed by atoms with Crippen molar-refractivity contribution in [3.63, 3.8) is 0 Å². The van der Waals surface area contributed by atoms with Gasteiger partial charge < -0.3 is 0 Å². The highest BCUT2D eigenvalue weighted by Crippen LogP contribution is 2.34. The van der Waals surface area contributed by atoms with Crippen LogP contribution < -0.4 is 11.3 Å². The molecule has 0 saturated carbocycles. The largest absolute Gasteiger partial charge is 0.271 e. The molecule has 1 fully saturated rings. The molecule has 0 bridgehead atoms. The van der Waals surface area contributed by atoms with Crippen molar-refractivity contribution in [1.82, 2.24) is 5.43 Å². The molecule has 4 nitrogen and oxygen atoms in total. The van der Waals surface area contributed by atoms with Gasteiger partial charge in [0.05, 0.1) is 11.5 Å². The first-order valence-corrected chi connectivity index (χ1v) is 9.42. The van der Waals surface area contributed by atoms with E-state index in [1.165, 1.54) is 15.6 Å². The number of benzene rings is 1. The number of nitrogens with one attached hydrogen (secondary N) is 1. The van der Waals surface area contributed by atoms with Crippen LogP contribution in [-0.4, -0.2) is 19.9 Å². The molecule has 0 spiro atoms. The molecule has 2 atom stereocenters. The maximum absolute atomic E-state index is 11.6. The molecule has 1 aliphatic rings. The fraction of sp³-hybridized carbons (Fsp3) is 0.429. The van der Waals surface area contributed by atoms with Crippen molar-refractivity contribution in [3.05, 3.63) is 35.2 Å². The first kappa shape index (κ1) is 14.0. The second-order valence-corrected chi connectivity index (χ2v) is 8.56. The molecule has 2 heterocycles. The van der Waals surface area contributed by atoms with Crippen LogP contribution in [0.15, 0.2) is 29.6 Å². The SMILES string of the molecule is NNC(CC1CCS(=O)(=O)C1)c1cccc2ccsc12. The van der Waals surface area contributed by atoms with Crippen molar-refractivity contribution >= 4 is 31.3 Å². The normalized spacial score (nSPS) is 23.1. The van der Waals surface area contributed by atoms with Crippen molar-refractivity contribution in [2.45, 2.75) is 18.9 Å². The Balaban J connectivity index is 1.85. The number of fused-ring (bicyclic) bond motifs is 1. The van der Waals surface area contributed by atoms with Crippen LogP contribution in [0, 0.1) is 5.92 Å². The zero-order valence-corrected chi connectivity index (χ0v) is 12.7. The zero-order chi connectivity index (χ0) is 14.2. The molecule has 1 saturated heterocycles. The average Bonchev–Trinajstić information content (AvgIpc) is 3.01. The molecule has 6 heteroatoms. The molecule has 1 aliphatic heterocycles. The van der Waals surface area contributed by atoms with Gasteiger partial charge in [0.25, 0.3) is 0 Å². The van der Waals surface area contributed by atoms with Crippen LogP contribution in [0.25, 0.3) is 10.1 Å². The van der Waals surface area contributed by atoms with Gasteiger partial charge in [0, 0.05) is 10.7 Å². The summed E-state index contributed by atoms with van der Waals surface area (Å²) in [6.45, 7) is 0. The predicted octanol–water partition coefficient (Wildman–Crippen LogP) is 2.23. The lowest BCUT2D eigenvalue weighted by molar-refractivity contribution is 0.423. The quantitative estimate of drug-likeness (QED) is 0.671. The molecule has 108 valence electrons. The van der Waals surface area contributed by atoms with Crippen molar-refractivity contribution in [2.75, 3.05) is 11.5 Å². The van der Waals surface area contributed by atoms with Gasteiger partial charge in [0.1, 0.15) is 0 Å². The van der Waals surface area contributed by atoms with E-state index in [1.807, 2.05) is 6.07 Å². The van der Waals surface area contributed by atoms with Gasteiger partial charge in [-0.3, -0.25) is 11.3 Å². The molecule has 3 rings (SSSR count). The summed E-state index contributed by atoms with van der Waals surface area (Å²) in [6, 6.07) is 8.29. The summed E-state index contributed by atoms with van der Waals surface area (Å²) >= 11 is 1.70. The van der Waals surface area contributed by atoms with E-state index in [2.05, 4.69) is 29.0 Å². The zero-order valence-electron chi connectivity index (χ0n) is 11.1. The third-order valence-corrected chi connectivity index (χ3v) is 6.80. The molecule has 3 N–H and O–H groups in total. The van der Waals surface area contributed by atoms with E-state index >= 15 is 0 Å². The molecule has 20 heavy (non-hydrogen) atoms. The Morgan fingerprint density at radius 3 is 2.95 bits per heavy atom. The van der Waals surface area contributed by atoms with Gasteiger partial charge in [-0.05, 0) is 41.2 Å². The maximum atomic E-state index is 11.6. The van der Waals surface area contributed by atoms with E-state index in [0.717, 1.165) is 12.8 Å². The minimum Gasteiger partial charge on any atom is -0.271 e. The van der Waals surface area contributed by atoms with Crippen LogP contribution in [0.4, 0.5) is 0 Å². The molecular formula is C14H18N2O2S2. The summed E-state index contributed by atoms with van der Waals surface area (Å²) in [5, 5.41) is 3.29. The number of rotatable bonds is 4. The second kappa shape index (κ2) is 5.44. The number of thiophene rings is 1. The summed E-state index contributed by atoms with van der Waals surface area (Å²) in [6.07, 6.45) is 1.52. The van der Waals surface area contributed by atoms with E-state index in [4.69, 9.17) is 5.84 Å². The third-order valence-electron chi connectivity index (χ3n) is 3.98. The topological polar surface area (TPSA) is 72.2 Å². The first-order chi connectivity index (χ1) is 9.59. The van der Waals surface area contributed by atoms with E-state index in [0.29, 0.717) is 11.5 Å². The molecule has 2 unspecified atom stereocenters. The molecule has 1 aromatic carbocycles. The van der Waals surface area contributed by atoms with Gasteiger partial charge in [-0.1, -0.05) is 18.2 Å².